The molecule has 7 nitrogen and oxygen atoms in total. The van der Waals surface area contributed by atoms with Gasteiger partial charge in [0.15, 0.2) is 12.4 Å². The smallest absolute Gasteiger partial charge is 0.255 e. The fraction of sp³-hybridized carbons (Fsp3) is 0.100. The molecule has 0 spiro atoms. The van der Waals surface area contributed by atoms with Gasteiger partial charge in [-0.2, -0.15) is 0 Å². The zero-order valence-electron chi connectivity index (χ0n) is 21.9. The largest absolute Gasteiger partial charge is 1.00 e. The molecule has 0 saturated heterocycles. The number of nitrogens with one attached hydrogen (secondary N) is 3. The summed E-state index contributed by atoms with van der Waals surface area (Å²) in [5, 5.41) is 10.8. The summed E-state index contributed by atoms with van der Waals surface area (Å²) in [5.41, 5.74) is 7.15. The molecule has 0 unspecified atom stereocenters. The zero-order valence-corrected chi connectivity index (χ0v) is 23.4. The molecule has 1 amide bonds. The van der Waals surface area contributed by atoms with Crippen molar-refractivity contribution in [3.8, 4) is 0 Å². The second-order valence-corrected chi connectivity index (χ2v) is 9.07. The van der Waals surface area contributed by atoms with Crippen LogP contribution < -0.4 is 37.8 Å². The van der Waals surface area contributed by atoms with E-state index in [4.69, 9.17) is 0 Å². The van der Waals surface area contributed by atoms with Crippen LogP contribution in [0.1, 0.15) is 10.4 Å². The summed E-state index contributed by atoms with van der Waals surface area (Å²) in [5.74, 6) is -0.159. The molecule has 9 heteroatoms. The van der Waals surface area contributed by atoms with Crippen LogP contribution in [0.4, 0.5) is 34.1 Å². The Morgan fingerprint density at radius 2 is 1.36 bits per heavy atom. The van der Waals surface area contributed by atoms with Gasteiger partial charge in [0.1, 0.15) is 7.05 Å². The number of aromatic nitrogens is 2. The molecule has 2 heterocycles. The maximum atomic E-state index is 12.8. The lowest BCUT2D eigenvalue weighted by molar-refractivity contribution is -0.671. The first-order chi connectivity index (χ1) is 17.9. The van der Waals surface area contributed by atoms with Gasteiger partial charge in [0, 0.05) is 71.8 Å². The number of pyridine rings is 2. The molecule has 2 aromatic heterocycles. The Hall–Kier alpha value is -4.33. The van der Waals surface area contributed by atoms with Crippen molar-refractivity contribution >= 4 is 63.3 Å². The monoisotopic (exact) mass is 560 g/mol. The van der Waals surface area contributed by atoms with Gasteiger partial charge in [0.2, 0.25) is 0 Å². The second kappa shape index (κ2) is 13.0. The lowest BCUT2D eigenvalue weighted by atomic mass is 10.1. The van der Waals surface area contributed by atoms with Crippen molar-refractivity contribution in [3.05, 3.63) is 109 Å². The Bertz CT molecular complexity index is 1540. The van der Waals surface area contributed by atoms with Crippen LogP contribution >= 0.6 is 12.4 Å². The summed E-state index contributed by atoms with van der Waals surface area (Å²) in [7, 11) is 6.02. The third-order valence-corrected chi connectivity index (χ3v) is 6.08. The third-order valence-electron chi connectivity index (χ3n) is 6.08. The molecule has 0 saturated carbocycles. The molecular weight excluding hydrogens is 531 g/mol. The van der Waals surface area contributed by atoms with E-state index in [0.29, 0.717) is 5.56 Å². The zero-order chi connectivity index (χ0) is 25.8. The minimum Gasteiger partial charge on any atom is -1.00 e. The summed E-state index contributed by atoms with van der Waals surface area (Å²) in [4.78, 5) is 19.3. The van der Waals surface area contributed by atoms with E-state index >= 15 is 0 Å². The van der Waals surface area contributed by atoms with Crippen molar-refractivity contribution in [1.82, 2.24) is 4.98 Å². The molecule has 0 fully saturated rings. The fourth-order valence-electron chi connectivity index (χ4n) is 3.97. The third kappa shape index (κ3) is 7.16. The molecule has 0 atom stereocenters. The number of fused-ring (bicyclic) bond motifs is 1. The van der Waals surface area contributed by atoms with E-state index in [1.165, 1.54) is 0 Å². The van der Waals surface area contributed by atoms with Gasteiger partial charge in [-0.1, -0.05) is 0 Å². The molecule has 0 aliphatic rings. The second-order valence-electron chi connectivity index (χ2n) is 9.07. The Morgan fingerprint density at radius 3 is 2.03 bits per heavy atom. The van der Waals surface area contributed by atoms with E-state index in [1.807, 2.05) is 111 Å². The van der Waals surface area contributed by atoms with Gasteiger partial charge in [-0.05, 0) is 72.8 Å². The molecule has 200 valence electrons. The maximum Gasteiger partial charge on any atom is 0.255 e. The highest BCUT2D eigenvalue weighted by atomic mass is 35.5. The van der Waals surface area contributed by atoms with E-state index < -0.39 is 0 Å². The minimum atomic E-state index is -0.159. The number of halogens is 2. The number of hydrogen-bond donors (Lipinski definition) is 3. The summed E-state index contributed by atoms with van der Waals surface area (Å²) < 4.78 is 1.98. The number of nitrogens with zero attached hydrogens (tertiary/aromatic N) is 3. The fourth-order valence-corrected chi connectivity index (χ4v) is 3.97. The summed E-state index contributed by atoms with van der Waals surface area (Å²) in [6.45, 7) is 0. The average molecular weight is 562 g/mol. The summed E-state index contributed by atoms with van der Waals surface area (Å²) >= 11 is 0. The van der Waals surface area contributed by atoms with Gasteiger partial charge < -0.3 is 33.3 Å². The molecule has 3 aromatic carbocycles. The van der Waals surface area contributed by atoms with Crippen LogP contribution in [0.2, 0.25) is 0 Å². The van der Waals surface area contributed by atoms with Crippen LogP contribution in [0.5, 0.6) is 0 Å². The SMILES string of the molecule is CN(C)c1ccc2nccc(Nc3ccc(C(=O)Nc4ccc(Nc5cc[n+](C)cc5)cc4)cc3)c2c1.Cl.[Cl-]. The van der Waals surface area contributed by atoms with E-state index in [9.17, 15) is 4.79 Å². The predicted molar refractivity (Wildman–Crippen MR) is 158 cm³/mol. The van der Waals surface area contributed by atoms with Crippen molar-refractivity contribution in [2.75, 3.05) is 34.9 Å². The first-order valence-corrected chi connectivity index (χ1v) is 12.0. The molecule has 39 heavy (non-hydrogen) atoms. The van der Waals surface area contributed by atoms with Crippen molar-refractivity contribution < 1.29 is 21.8 Å². The number of amides is 1. The average Bonchev–Trinajstić information content (AvgIpc) is 2.91. The number of benzene rings is 3. The van der Waals surface area contributed by atoms with Gasteiger partial charge in [0.25, 0.3) is 5.91 Å². The van der Waals surface area contributed by atoms with Crippen molar-refractivity contribution in [3.63, 3.8) is 0 Å². The lowest BCUT2D eigenvalue weighted by Crippen LogP contribution is -3.00. The number of anilines is 6. The topological polar surface area (TPSA) is 73.2 Å². The highest BCUT2D eigenvalue weighted by molar-refractivity contribution is 6.04. The number of rotatable bonds is 7. The van der Waals surface area contributed by atoms with Gasteiger partial charge in [0.05, 0.1) is 11.2 Å². The van der Waals surface area contributed by atoms with E-state index in [0.717, 1.165) is 45.0 Å². The lowest BCUT2D eigenvalue weighted by Gasteiger charge is -2.15. The van der Waals surface area contributed by atoms with E-state index in [1.54, 1.807) is 6.20 Å². The molecule has 0 aliphatic heterocycles. The molecule has 0 aliphatic carbocycles. The van der Waals surface area contributed by atoms with Crippen molar-refractivity contribution in [2.45, 2.75) is 0 Å². The van der Waals surface area contributed by atoms with Crippen LogP contribution in [0.25, 0.3) is 10.9 Å². The Labute approximate surface area is 240 Å². The van der Waals surface area contributed by atoms with Gasteiger partial charge in [-0.15, -0.1) is 12.4 Å². The Balaban J connectivity index is 0.00000210. The summed E-state index contributed by atoms with van der Waals surface area (Å²) in [6, 6.07) is 27.3. The first-order valence-electron chi connectivity index (χ1n) is 12.0. The molecule has 3 N–H and O–H groups in total. The molecular formula is C30H30Cl2N6O. The standard InChI is InChI=1S/C30H28N6O.2ClH/c1-35(2)26-12-13-28-27(20-26)29(14-17-31-28)33-23-6-4-21(5-7-23)30(37)34-24-10-8-22(9-11-24)32-25-15-18-36(3)19-16-25;;/h4-20H,1-3H3,(H2,31,33,34,37);2*1H. The van der Waals surface area contributed by atoms with Crippen LogP contribution in [0.15, 0.2) is 104 Å². The quantitative estimate of drug-likeness (QED) is 0.266. The maximum absolute atomic E-state index is 12.8. The minimum absolute atomic E-state index is 0. The van der Waals surface area contributed by atoms with Gasteiger partial charge in [-0.3, -0.25) is 9.78 Å². The van der Waals surface area contributed by atoms with Crippen LogP contribution in [-0.2, 0) is 7.05 Å². The highest BCUT2D eigenvalue weighted by Gasteiger charge is 2.09. The van der Waals surface area contributed by atoms with Crippen LogP contribution in [0, 0.1) is 0 Å². The van der Waals surface area contributed by atoms with Crippen molar-refractivity contribution in [2.24, 2.45) is 7.05 Å². The first kappa shape index (κ1) is 29.2. The Morgan fingerprint density at radius 1 is 0.769 bits per heavy atom. The van der Waals surface area contributed by atoms with E-state index in [2.05, 4.69) is 38.0 Å². The Kier molecular flexibility index (Phi) is 9.71. The van der Waals surface area contributed by atoms with E-state index in [-0.39, 0.29) is 30.7 Å². The highest BCUT2D eigenvalue weighted by Crippen LogP contribution is 2.28. The van der Waals surface area contributed by atoms with Crippen LogP contribution in [0.3, 0.4) is 0 Å². The number of carbonyl (C=O) groups is 1. The number of aryl methyl sites for hydroxylation is 1. The number of hydrogen-bond acceptors (Lipinski definition) is 5. The van der Waals surface area contributed by atoms with Crippen molar-refractivity contribution in [1.29, 1.82) is 0 Å². The normalized spacial score (nSPS) is 10.1. The molecule has 5 aromatic rings. The molecule has 0 bridgehead atoms. The van der Waals surface area contributed by atoms with Gasteiger partial charge >= 0.3 is 0 Å². The van der Waals surface area contributed by atoms with Crippen LogP contribution in [-0.4, -0.2) is 25.0 Å². The van der Waals surface area contributed by atoms with Gasteiger partial charge in [-0.25, -0.2) is 4.57 Å². The molecule has 0 radical (unpaired) electrons. The predicted octanol–water partition coefficient (Wildman–Crippen LogP) is 3.29. The molecule has 5 rings (SSSR count). The summed E-state index contributed by atoms with van der Waals surface area (Å²) in [6.07, 6.45) is 5.76. The number of carbonyl (C=O) groups excluding carboxylic acids is 1.